The highest BCUT2D eigenvalue weighted by molar-refractivity contribution is 5.91. The summed E-state index contributed by atoms with van der Waals surface area (Å²) in [7, 11) is 0. The van der Waals surface area contributed by atoms with Crippen molar-refractivity contribution in [2.45, 2.75) is 64.1 Å². The summed E-state index contributed by atoms with van der Waals surface area (Å²) in [6, 6.07) is 3.50. The second kappa shape index (κ2) is 8.65. The first-order chi connectivity index (χ1) is 11.8. The smallest absolute Gasteiger partial charge is 0.407 e. The Morgan fingerprint density at radius 2 is 1.88 bits per heavy atom. The van der Waals surface area contributed by atoms with E-state index in [1.54, 1.807) is 18.5 Å². The summed E-state index contributed by atoms with van der Waals surface area (Å²) in [6.45, 7) is 5.49. The molecule has 2 N–H and O–H groups in total. The molecule has 136 valence electrons. The Kier molecular flexibility index (Phi) is 6.56. The maximum atomic E-state index is 12.2. The van der Waals surface area contributed by atoms with Crippen molar-refractivity contribution in [3.05, 3.63) is 36.2 Å². The van der Waals surface area contributed by atoms with Gasteiger partial charge < -0.3 is 15.4 Å². The topological polar surface area (TPSA) is 80.3 Å². The average molecular weight is 345 g/mol. The maximum absolute atomic E-state index is 12.2. The van der Waals surface area contributed by atoms with Crippen molar-refractivity contribution in [3.8, 4) is 0 Å². The van der Waals surface area contributed by atoms with Gasteiger partial charge in [-0.05, 0) is 51.3 Å². The van der Waals surface area contributed by atoms with Crippen LogP contribution in [0.5, 0.6) is 0 Å². The molecule has 6 heteroatoms. The standard InChI is InChI=1S/C19H27N3O3/c1-19(2,3)25-18(24)22-16-9-5-4-8-15(16)21-17(23)11-10-14-7-6-12-20-13-14/h6-7,10-13,15-16H,4-5,8-9H2,1-3H3,(H,21,23)(H,22,24). The summed E-state index contributed by atoms with van der Waals surface area (Å²) in [6.07, 6.45) is 9.89. The van der Waals surface area contributed by atoms with E-state index in [1.165, 1.54) is 6.08 Å². The van der Waals surface area contributed by atoms with Gasteiger partial charge in [0, 0.05) is 24.5 Å². The number of alkyl carbamates (subject to hydrolysis) is 1. The van der Waals surface area contributed by atoms with E-state index in [0.717, 1.165) is 31.2 Å². The summed E-state index contributed by atoms with van der Waals surface area (Å²) >= 11 is 0. The van der Waals surface area contributed by atoms with E-state index in [0.29, 0.717) is 0 Å². The van der Waals surface area contributed by atoms with Gasteiger partial charge in [-0.3, -0.25) is 9.78 Å². The number of nitrogens with zero attached hydrogens (tertiary/aromatic N) is 1. The van der Waals surface area contributed by atoms with Crippen molar-refractivity contribution < 1.29 is 14.3 Å². The molecular formula is C19H27N3O3. The molecule has 1 aliphatic carbocycles. The first-order valence-electron chi connectivity index (χ1n) is 8.71. The van der Waals surface area contributed by atoms with Crippen molar-refractivity contribution in [2.75, 3.05) is 0 Å². The second-order valence-corrected chi connectivity index (χ2v) is 7.27. The van der Waals surface area contributed by atoms with E-state index in [2.05, 4.69) is 15.6 Å². The Hall–Kier alpha value is -2.37. The van der Waals surface area contributed by atoms with Crippen molar-refractivity contribution in [3.63, 3.8) is 0 Å². The number of aromatic nitrogens is 1. The Bertz CT molecular complexity index is 608. The molecule has 2 atom stereocenters. The van der Waals surface area contributed by atoms with Crippen molar-refractivity contribution in [2.24, 2.45) is 0 Å². The second-order valence-electron chi connectivity index (χ2n) is 7.27. The van der Waals surface area contributed by atoms with Crippen LogP contribution in [0.15, 0.2) is 30.6 Å². The third-order valence-corrected chi connectivity index (χ3v) is 3.91. The van der Waals surface area contributed by atoms with Gasteiger partial charge in [0.1, 0.15) is 5.60 Å². The molecule has 1 heterocycles. The largest absolute Gasteiger partial charge is 0.444 e. The highest BCUT2D eigenvalue weighted by Crippen LogP contribution is 2.19. The molecule has 0 aliphatic heterocycles. The highest BCUT2D eigenvalue weighted by Gasteiger charge is 2.29. The number of hydrogen-bond donors (Lipinski definition) is 2. The molecule has 6 nitrogen and oxygen atoms in total. The van der Waals surface area contributed by atoms with Gasteiger partial charge in [-0.25, -0.2) is 4.79 Å². The molecule has 0 bridgehead atoms. The van der Waals surface area contributed by atoms with E-state index in [4.69, 9.17) is 4.74 Å². The fourth-order valence-corrected chi connectivity index (χ4v) is 2.81. The van der Waals surface area contributed by atoms with E-state index in [9.17, 15) is 9.59 Å². The number of nitrogens with one attached hydrogen (secondary N) is 2. The Labute approximate surface area is 149 Å². The third-order valence-electron chi connectivity index (χ3n) is 3.91. The lowest BCUT2D eigenvalue weighted by molar-refractivity contribution is -0.117. The van der Waals surface area contributed by atoms with Crippen LogP contribution in [0.3, 0.4) is 0 Å². The van der Waals surface area contributed by atoms with Crippen LogP contribution in [0.4, 0.5) is 4.79 Å². The molecule has 2 rings (SSSR count). The lowest BCUT2D eigenvalue weighted by atomic mass is 9.90. The van der Waals surface area contributed by atoms with Crippen molar-refractivity contribution in [1.82, 2.24) is 15.6 Å². The molecule has 1 aliphatic rings. The van der Waals surface area contributed by atoms with E-state index in [1.807, 2.05) is 32.9 Å². The zero-order valence-electron chi connectivity index (χ0n) is 15.1. The SMILES string of the molecule is CC(C)(C)OC(=O)NC1CCCCC1NC(=O)C=Cc1cccnc1. The van der Waals surface area contributed by atoms with Gasteiger partial charge in [0.05, 0.1) is 6.04 Å². The molecule has 0 radical (unpaired) electrons. The highest BCUT2D eigenvalue weighted by atomic mass is 16.6. The molecule has 1 aromatic rings. The predicted octanol–water partition coefficient (Wildman–Crippen LogP) is 3.05. The van der Waals surface area contributed by atoms with Gasteiger partial charge in [-0.1, -0.05) is 18.9 Å². The van der Waals surface area contributed by atoms with Crippen LogP contribution in [0, 0.1) is 0 Å². The van der Waals surface area contributed by atoms with Crippen LogP contribution < -0.4 is 10.6 Å². The summed E-state index contributed by atoms with van der Waals surface area (Å²) in [5, 5.41) is 5.89. The normalized spacial score (nSPS) is 20.9. The first-order valence-corrected chi connectivity index (χ1v) is 8.71. The number of hydrogen-bond acceptors (Lipinski definition) is 4. The van der Waals surface area contributed by atoms with Gasteiger partial charge in [0.2, 0.25) is 5.91 Å². The molecule has 0 aromatic carbocycles. The minimum absolute atomic E-state index is 0.0904. The lowest BCUT2D eigenvalue weighted by Gasteiger charge is -2.33. The molecule has 1 fully saturated rings. The van der Waals surface area contributed by atoms with Crippen LogP contribution in [-0.4, -0.2) is 34.7 Å². The van der Waals surface area contributed by atoms with Crippen LogP contribution >= 0.6 is 0 Å². The van der Waals surface area contributed by atoms with Crippen LogP contribution in [-0.2, 0) is 9.53 Å². The van der Waals surface area contributed by atoms with Crippen molar-refractivity contribution >= 4 is 18.1 Å². The fourth-order valence-electron chi connectivity index (χ4n) is 2.81. The molecule has 25 heavy (non-hydrogen) atoms. The Balaban J connectivity index is 1.90. The van der Waals surface area contributed by atoms with Crippen LogP contribution in [0.2, 0.25) is 0 Å². The molecule has 2 unspecified atom stereocenters. The molecule has 1 saturated carbocycles. The van der Waals surface area contributed by atoms with Gasteiger partial charge in [0.15, 0.2) is 0 Å². The molecule has 1 aromatic heterocycles. The van der Waals surface area contributed by atoms with Crippen LogP contribution in [0.25, 0.3) is 6.08 Å². The van der Waals surface area contributed by atoms with Gasteiger partial charge in [0.25, 0.3) is 0 Å². The quantitative estimate of drug-likeness (QED) is 0.822. The summed E-state index contributed by atoms with van der Waals surface area (Å²) in [4.78, 5) is 28.2. The Morgan fingerprint density at radius 1 is 1.20 bits per heavy atom. The number of carbonyl (C=O) groups is 2. The summed E-state index contributed by atoms with van der Waals surface area (Å²) in [5.41, 5.74) is 0.328. The number of ether oxygens (including phenoxy) is 1. The number of rotatable bonds is 4. The zero-order valence-corrected chi connectivity index (χ0v) is 15.1. The predicted molar refractivity (Wildman–Crippen MR) is 96.8 cm³/mol. The minimum Gasteiger partial charge on any atom is -0.444 e. The number of carbonyl (C=O) groups excluding carboxylic acids is 2. The number of amides is 2. The molecule has 2 amide bonds. The lowest BCUT2D eigenvalue weighted by Crippen LogP contribution is -2.53. The molecular weight excluding hydrogens is 318 g/mol. The van der Waals surface area contributed by atoms with Gasteiger partial charge >= 0.3 is 6.09 Å². The monoisotopic (exact) mass is 345 g/mol. The van der Waals surface area contributed by atoms with Crippen molar-refractivity contribution in [1.29, 1.82) is 0 Å². The van der Waals surface area contributed by atoms with E-state index >= 15 is 0 Å². The summed E-state index contributed by atoms with van der Waals surface area (Å²) in [5.74, 6) is -0.174. The minimum atomic E-state index is -0.538. The van der Waals surface area contributed by atoms with E-state index < -0.39 is 11.7 Å². The summed E-state index contributed by atoms with van der Waals surface area (Å²) < 4.78 is 5.32. The first kappa shape index (κ1) is 19.0. The van der Waals surface area contributed by atoms with E-state index in [-0.39, 0.29) is 18.0 Å². The number of pyridine rings is 1. The molecule has 0 spiro atoms. The van der Waals surface area contributed by atoms with Crippen LogP contribution in [0.1, 0.15) is 52.0 Å². The third kappa shape index (κ3) is 6.95. The molecule has 0 saturated heterocycles. The zero-order chi connectivity index (χ0) is 18.3. The fraction of sp³-hybridized carbons (Fsp3) is 0.526. The Morgan fingerprint density at radius 3 is 2.48 bits per heavy atom. The van der Waals surface area contributed by atoms with Gasteiger partial charge in [-0.15, -0.1) is 0 Å². The maximum Gasteiger partial charge on any atom is 0.407 e. The average Bonchev–Trinajstić information content (AvgIpc) is 2.54. The van der Waals surface area contributed by atoms with Gasteiger partial charge in [-0.2, -0.15) is 0 Å².